The number of ether oxygens (including phenoxy) is 1. The zero-order valence-corrected chi connectivity index (χ0v) is 9.93. The summed E-state index contributed by atoms with van der Waals surface area (Å²) in [6, 6.07) is 3.16. The summed E-state index contributed by atoms with van der Waals surface area (Å²) in [5, 5.41) is 8.65. The Balaban J connectivity index is 2.96. The number of anilines is 1. The summed E-state index contributed by atoms with van der Waals surface area (Å²) in [4.78, 5) is 27.5. The van der Waals surface area contributed by atoms with E-state index in [-0.39, 0.29) is 6.54 Å². The van der Waals surface area contributed by atoms with Crippen molar-refractivity contribution in [1.82, 2.24) is 4.98 Å². The van der Waals surface area contributed by atoms with Crippen LogP contribution in [0.3, 0.4) is 0 Å². The number of carbonyl (C=O) groups excluding carboxylic acids is 1. The third-order valence-corrected chi connectivity index (χ3v) is 2.24. The summed E-state index contributed by atoms with van der Waals surface area (Å²) in [5.74, 6) is -0.899. The smallest absolute Gasteiger partial charge is 0.339 e. The number of aliphatic carboxylic acids is 1. The highest BCUT2D eigenvalue weighted by Crippen LogP contribution is 2.14. The molecule has 0 fully saturated rings. The van der Waals surface area contributed by atoms with E-state index in [1.807, 2.05) is 0 Å². The lowest BCUT2D eigenvalue weighted by molar-refractivity contribution is -0.135. The van der Waals surface area contributed by atoms with Crippen molar-refractivity contribution in [3.05, 3.63) is 23.4 Å². The van der Waals surface area contributed by atoms with Crippen molar-refractivity contribution in [2.24, 2.45) is 0 Å². The van der Waals surface area contributed by atoms with E-state index in [1.54, 1.807) is 26.1 Å². The van der Waals surface area contributed by atoms with Crippen LogP contribution in [0, 0.1) is 6.92 Å². The molecular formula is C11H14N2O4. The highest BCUT2D eigenvalue weighted by Gasteiger charge is 2.13. The fraction of sp³-hybridized carbons (Fsp3) is 0.364. The average Bonchev–Trinajstić information content (AvgIpc) is 2.27. The van der Waals surface area contributed by atoms with Crippen LogP contribution in [0.2, 0.25) is 0 Å². The van der Waals surface area contributed by atoms with Crippen LogP contribution in [0.1, 0.15) is 16.1 Å². The molecule has 0 saturated carbocycles. The van der Waals surface area contributed by atoms with E-state index in [0.717, 1.165) is 0 Å². The van der Waals surface area contributed by atoms with E-state index in [4.69, 9.17) is 5.11 Å². The second-order valence-corrected chi connectivity index (χ2v) is 3.54. The minimum atomic E-state index is -0.941. The molecule has 1 heterocycles. The fourth-order valence-electron chi connectivity index (χ4n) is 1.37. The maximum Gasteiger partial charge on any atom is 0.339 e. The van der Waals surface area contributed by atoms with Crippen molar-refractivity contribution >= 4 is 17.8 Å². The van der Waals surface area contributed by atoms with Crippen LogP contribution in [0.5, 0.6) is 0 Å². The van der Waals surface area contributed by atoms with Crippen molar-refractivity contribution in [1.29, 1.82) is 0 Å². The number of carboxylic acids is 1. The van der Waals surface area contributed by atoms with E-state index in [9.17, 15) is 9.59 Å². The quantitative estimate of drug-likeness (QED) is 0.778. The first kappa shape index (κ1) is 13.0. The van der Waals surface area contributed by atoms with Gasteiger partial charge in [-0.3, -0.25) is 4.79 Å². The normalized spacial score (nSPS) is 9.82. The van der Waals surface area contributed by atoms with Crippen LogP contribution < -0.4 is 4.90 Å². The molecular weight excluding hydrogens is 224 g/mol. The Labute approximate surface area is 98.8 Å². The van der Waals surface area contributed by atoms with Gasteiger partial charge < -0.3 is 14.7 Å². The minimum Gasteiger partial charge on any atom is -0.480 e. The van der Waals surface area contributed by atoms with Gasteiger partial charge in [0.25, 0.3) is 0 Å². The first-order valence-corrected chi connectivity index (χ1v) is 4.94. The van der Waals surface area contributed by atoms with E-state index >= 15 is 0 Å². The van der Waals surface area contributed by atoms with Crippen molar-refractivity contribution in [2.45, 2.75) is 6.92 Å². The van der Waals surface area contributed by atoms with Crippen LogP contribution in [-0.4, -0.2) is 42.7 Å². The Morgan fingerprint density at radius 1 is 1.47 bits per heavy atom. The molecule has 0 amide bonds. The number of esters is 1. The molecule has 0 spiro atoms. The van der Waals surface area contributed by atoms with Crippen LogP contribution in [0.15, 0.2) is 12.1 Å². The molecule has 1 aromatic rings. The van der Waals surface area contributed by atoms with Gasteiger partial charge in [0.2, 0.25) is 0 Å². The molecule has 0 aliphatic rings. The van der Waals surface area contributed by atoms with Crippen molar-refractivity contribution < 1.29 is 19.4 Å². The zero-order valence-electron chi connectivity index (χ0n) is 9.93. The molecule has 6 nitrogen and oxygen atoms in total. The number of aryl methyl sites for hydroxylation is 1. The molecule has 0 saturated heterocycles. The highest BCUT2D eigenvalue weighted by molar-refractivity contribution is 5.90. The average molecular weight is 238 g/mol. The van der Waals surface area contributed by atoms with Gasteiger partial charge in [0.15, 0.2) is 0 Å². The van der Waals surface area contributed by atoms with Gasteiger partial charge in [-0.15, -0.1) is 0 Å². The molecule has 0 atom stereocenters. The molecule has 92 valence electrons. The molecule has 6 heteroatoms. The predicted octanol–water partition coefficient (Wildman–Crippen LogP) is 0.697. The zero-order chi connectivity index (χ0) is 13.0. The molecule has 1 N–H and O–H groups in total. The number of carbonyl (C=O) groups is 2. The van der Waals surface area contributed by atoms with Crippen LogP contribution in [0.25, 0.3) is 0 Å². The van der Waals surface area contributed by atoms with E-state index < -0.39 is 11.9 Å². The Kier molecular flexibility index (Phi) is 4.03. The summed E-state index contributed by atoms with van der Waals surface area (Å²) in [5.41, 5.74) is 0.881. The topological polar surface area (TPSA) is 79.7 Å². The maximum atomic E-state index is 11.3. The Bertz CT molecular complexity index is 445. The van der Waals surface area contributed by atoms with Crippen LogP contribution >= 0.6 is 0 Å². The number of likely N-dealkylation sites (N-methyl/N-ethyl adjacent to an activating group) is 1. The van der Waals surface area contributed by atoms with Crippen molar-refractivity contribution in [2.75, 3.05) is 25.6 Å². The number of methoxy groups -OCH3 is 1. The van der Waals surface area contributed by atoms with Gasteiger partial charge in [-0.2, -0.15) is 0 Å². The molecule has 0 aliphatic heterocycles. The number of pyridine rings is 1. The van der Waals surface area contributed by atoms with Crippen LogP contribution in [0.4, 0.5) is 5.82 Å². The number of rotatable bonds is 4. The highest BCUT2D eigenvalue weighted by atomic mass is 16.5. The number of aromatic nitrogens is 1. The Morgan fingerprint density at radius 3 is 2.59 bits per heavy atom. The molecule has 0 bridgehead atoms. The summed E-state index contributed by atoms with van der Waals surface area (Å²) in [6.45, 7) is 1.52. The maximum absolute atomic E-state index is 11.3. The molecule has 1 rings (SSSR count). The van der Waals surface area contributed by atoms with E-state index in [1.165, 1.54) is 12.0 Å². The van der Waals surface area contributed by atoms with Gasteiger partial charge in [-0.05, 0) is 19.1 Å². The van der Waals surface area contributed by atoms with E-state index in [0.29, 0.717) is 17.1 Å². The Hall–Kier alpha value is -2.11. The van der Waals surface area contributed by atoms with Gasteiger partial charge in [-0.25, -0.2) is 9.78 Å². The second kappa shape index (κ2) is 5.29. The number of carboxylic acid groups (broad SMARTS) is 1. The molecule has 0 unspecified atom stereocenters. The largest absolute Gasteiger partial charge is 0.480 e. The summed E-state index contributed by atoms with van der Waals surface area (Å²) >= 11 is 0. The SMILES string of the molecule is COC(=O)c1ccc(N(C)CC(=O)O)nc1C. The predicted molar refractivity (Wildman–Crippen MR) is 61.2 cm³/mol. The first-order chi connectivity index (χ1) is 7.95. The number of nitrogens with zero attached hydrogens (tertiary/aromatic N) is 2. The monoisotopic (exact) mass is 238 g/mol. The lowest BCUT2D eigenvalue weighted by atomic mass is 10.2. The second-order valence-electron chi connectivity index (χ2n) is 3.54. The van der Waals surface area contributed by atoms with Crippen molar-refractivity contribution in [3.8, 4) is 0 Å². The summed E-state index contributed by atoms with van der Waals surface area (Å²) in [6.07, 6.45) is 0. The third kappa shape index (κ3) is 3.17. The summed E-state index contributed by atoms with van der Waals surface area (Å²) < 4.78 is 4.60. The van der Waals surface area contributed by atoms with Crippen molar-refractivity contribution in [3.63, 3.8) is 0 Å². The lowest BCUT2D eigenvalue weighted by Crippen LogP contribution is -2.26. The molecule has 0 aliphatic carbocycles. The van der Waals surface area contributed by atoms with Crippen LogP contribution in [-0.2, 0) is 9.53 Å². The minimum absolute atomic E-state index is 0.149. The van der Waals surface area contributed by atoms with Gasteiger partial charge in [0, 0.05) is 7.05 Å². The fourth-order valence-corrected chi connectivity index (χ4v) is 1.37. The number of hydrogen-bond acceptors (Lipinski definition) is 5. The van der Waals surface area contributed by atoms with Gasteiger partial charge in [0.05, 0.1) is 18.4 Å². The van der Waals surface area contributed by atoms with Gasteiger partial charge in [0.1, 0.15) is 12.4 Å². The molecule has 1 aromatic heterocycles. The Morgan fingerprint density at radius 2 is 2.12 bits per heavy atom. The van der Waals surface area contributed by atoms with Gasteiger partial charge >= 0.3 is 11.9 Å². The first-order valence-electron chi connectivity index (χ1n) is 4.94. The summed E-state index contributed by atoms with van der Waals surface area (Å²) in [7, 11) is 2.92. The third-order valence-electron chi connectivity index (χ3n) is 2.24. The van der Waals surface area contributed by atoms with Gasteiger partial charge in [-0.1, -0.05) is 0 Å². The molecule has 0 aromatic carbocycles. The molecule has 17 heavy (non-hydrogen) atoms. The van der Waals surface area contributed by atoms with E-state index in [2.05, 4.69) is 9.72 Å². The number of hydrogen-bond donors (Lipinski definition) is 1. The molecule has 0 radical (unpaired) electrons. The lowest BCUT2D eigenvalue weighted by Gasteiger charge is -2.16. The standard InChI is InChI=1S/C11H14N2O4/c1-7-8(11(16)17-3)4-5-9(12-7)13(2)6-10(14)15/h4-5H,6H2,1-3H3,(H,14,15).